The van der Waals surface area contributed by atoms with Crippen LogP contribution in [0.4, 0.5) is 5.82 Å². The number of nitrogens with zero attached hydrogens (tertiary/aromatic N) is 2. The number of anilines is 1. The summed E-state index contributed by atoms with van der Waals surface area (Å²) in [4.78, 5) is 17.5. The number of halogens is 1. The fourth-order valence-electron chi connectivity index (χ4n) is 0.673. The van der Waals surface area contributed by atoms with Gasteiger partial charge in [-0.05, 0) is 22.6 Å². The van der Waals surface area contributed by atoms with Crippen LogP contribution in [0.1, 0.15) is 0 Å². The maximum absolute atomic E-state index is 11.1. The van der Waals surface area contributed by atoms with E-state index in [-0.39, 0.29) is 5.56 Å². The van der Waals surface area contributed by atoms with Crippen LogP contribution in [0.15, 0.2) is 11.1 Å². The Bertz CT molecular complexity index is 322. The molecule has 12 heavy (non-hydrogen) atoms. The van der Waals surface area contributed by atoms with Gasteiger partial charge >= 0.3 is 0 Å². The zero-order chi connectivity index (χ0) is 9.14. The van der Waals surface area contributed by atoms with Crippen LogP contribution in [0.5, 0.6) is 0 Å². The molecule has 1 rings (SSSR count). The summed E-state index contributed by atoms with van der Waals surface area (Å²) in [5, 5.41) is 1.73. The zero-order valence-electron chi connectivity index (χ0n) is 6.76. The number of H-pyrrole nitrogens is 1. The van der Waals surface area contributed by atoms with Gasteiger partial charge in [-0.3, -0.25) is 4.79 Å². The lowest BCUT2D eigenvalue weighted by Crippen LogP contribution is -2.24. The summed E-state index contributed by atoms with van der Waals surface area (Å²) in [6, 6.07) is 0. The first-order valence-electron chi connectivity index (χ1n) is 3.28. The predicted octanol–water partition coefficient (Wildman–Crippen LogP) is 0.263. The number of aromatic amines is 1. The number of hydrazine groups is 1. The van der Waals surface area contributed by atoms with Crippen molar-refractivity contribution in [3.05, 3.63) is 20.3 Å². The molecule has 2 N–H and O–H groups in total. The fourth-order valence-corrected chi connectivity index (χ4v) is 1.09. The van der Waals surface area contributed by atoms with Gasteiger partial charge in [-0.25, -0.2) is 9.99 Å². The van der Waals surface area contributed by atoms with Gasteiger partial charge in [-0.2, -0.15) is 0 Å². The van der Waals surface area contributed by atoms with E-state index in [1.165, 1.54) is 6.33 Å². The second-order valence-corrected chi connectivity index (χ2v) is 3.48. The van der Waals surface area contributed by atoms with E-state index in [1.807, 2.05) is 36.7 Å². The molecule has 5 nitrogen and oxygen atoms in total. The van der Waals surface area contributed by atoms with Crippen LogP contribution < -0.4 is 11.0 Å². The van der Waals surface area contributed by atoms with Crippen molar-refractivity contribution < 1.29 is 0 Å². The normalized spacial score (nSPS) is 10.3. The lowest BCUT2D eigenvalue weighted by Gasteiger charge is -2.12. The average Bonchev–Trinajstić information content (AvgIpc) is 1.98. The van der Waals surface area contributed by atoms with E-state index < -0.39 is 0 Å². The number of nitrogens with one attached hydrogen (secondary N) is 2. The van der Waals surface area contributed by atoms with Gasteiger partial charge in [-0.15, -0.1) is 0 Å². The molecule has 0 spiro atoms. The Morgan fingerprint density at radius 1 is 1.67 bits per heavy atom. The van der Waals surface area contributed by atoms with Crippen molar-refractivity contribution in [1.29, 1.82) is 0 Å². The summed E-state index contributed by atoms with van der Waals surface area (Å²) >= 11 is 1.94. The summed E-state index contributed by atoms with van der Waals surface area (Å²) in [5.41, 5.74) is 2.78. The summed E-state index contributed by atoms with van der Waals surface area (Å²) in [7, 11) is 3.66. The Labute approximate surface area is 83.3 Å². The molecule has 66 valence electrons. The maximum Gasteiger partial charge on any atom is 0.266 e. The van der Waals surface area contributed by atoms with Crippen LogP contribution in [-0.4, -0.2) is 29.1 Å². The Morgan fingerprint density at radius 3 is 2.92 bits per heavy atom. The lowest BCUT2D eigenvalue weighted by molar-refractivity contribution is 0.491. The molecule has 1 aromatic heterocycles. The SMILES string of the molecule is CN(C)Nc1nc[nH]c(=O)c1I. The standard InChI is InChI=1S/C6H9IN4O/c1-11(2)10-5-4(7)6(12)9-3-8-5/h3H,1-2H3,(H2,8,9,10,12). The predicted molar refractivity (Wildman–Crippen MR) is 54.9 cm³/mol. The third kappa shape index (κ3) is 2.18. The van der Waals surface area contributed by atoms with Crippen molar-refractivity contribution in [3.8, 4) is 0 Å². The van der Waals surface area contributed by atoms with Gasteiger partial charge < -0.3 is 10.4 Å². The molecule has 0 fully saturated rings. The quantitative estimate of drug-likeness (QED) is 0.603. The summed E-state index contributed by atoms with van der Waals surface area (Å²) in [5.74, 6) is 0.573. The third-order valence-corrected chi connectivity index (χ3v) is 2.13. The van der Waals surface area contributed by atoms with Crippen LogP contribution in [0.3, 0.4) is 0 Å². The van der Waals surface area contributed by atoms with Gasteiger partial charge in [0.1, 0.15) is 3.57 Å². The smallest absolute Gasteiger partial charge is 0.266 e. The van der Waals surface area contributed by atoms with Crippen molar-refractivity contribution in [2.24, 2.45) is 0 Å². The summed E-state index contributed by atoms with van der Waals surface area (Å²) < 4.78 is 0.559. The van der Waals surface area contributed by atoms with Crippen LogP contribution >= 0.6 is 22.6 Å². The van der Waals surface area contributed by atoms with Gasteiger partial charge in [0.15, 0.2) is 5.82 Å². The van der Waals surface area contributed by atoms with Crippen LogP contribution in [0.25, 0.3) is 0 Å². The van der Waals surface area contributed by atoms with Crippen molar-refractivity contribution in [3.63, 3.8) is 0 Å². The highest BCUT2D eigenvalue weighted by Crippen LogP contribution is 2.07. The lowest BCUT2D eigenvalue weighted by atomic mass is 10.6. The van der Waals surface area contributed by atoms with E-state index in [1.54, 1.807) is 5.01 Å². The monoisotopic (exact) mass is 280 g/mol. The minimum absolute atomic E-state index is 0.130. The van der Waals surface area contributed by atoms with E-state index in [0.29, 0.717) is 9.39 Å². The average molecular weight is 280 g/mol. The van der Waals surface area contributed by atoms with Crippen LogP contribution in [0, 0.1) is 3.57 Å². The number of hydrogen-bond acceptors (Lipinski definition) is 4. The number of rotatable bonds is 2. The summed E-state index contributed by atoms with van der Waals surface area (Å²) in [6.07, 6.45) is 1.37. The minimum Gasteiger partial charge on any atom is -0.312 e. The van der Waals surface area contributed by atoms with Crippen molar-refractivity contribution in [2.75, 3.05) is 19.5 Å². The highest BCUT2D eigenvalue weighted by molar-refractivity contribution is 14.1. The summed E-state index contributed by atoms with van der Waals surface area (Å²) in [6.45, 7) is 0. The van der Waals surface area contributed by atoms with Crippen molar-refractivity contribution in [2.45, 2.75) is 0 Å². The molecule has 0 unspecified atom stereocenters. The molecule has 0 saturated carbocycles. The van der Waals surface area contributed by atoms with Crippen LogP contribution in [0.2, 0.25) is 0 Å². The number of aromatic nitrogens is 2. The molecule has 0 amide bonds. The van der Waals surface area contributed by atoms with Crippen molar-refractivity contribution >= 4 is 28.4 Å². The molecule has 0 bridgehead atoms. The molecular weight excluding hydrogens is 271 g/mol. The molecule has 0 aliphatic carbocycles. The van der Waals surface area contributed by atoms with Gasteiger partial charge in [0.05, 0.1) is 6.33 Å². The third-order valence-electron chi connectivity index (χ3n) is 1.13. The molecule has 0 aliphatic heterocycles. The first kappa shape index (κ1) is 9.46. The van der Waals surface area contributed by atoms with Gasteiger partial charge in [-0.1, -0.05) is 0 Å². The van der Waals surface area contributed by atoms with Gasteiger partial charge in [0, 0.05) is 14.1 Å². The Hall–Kier alpha value is -0.630. The second-order valence-electron chi connectivity index (χ2n) is 2.40. The fraction of sp³-hybridized carbons (Fsp3) is 0.333. The van der Waals surface area contributed by atoms with E-state index in [0.717, 1.165) is 0 Å². The van der Waals surface area contributed by atoms with Gasteiger partial charge in [0.2, 0.25) is 0 Å². The molecular formula is C6H9IN4O. The molecule has 0 atom stereocenters. The van der Waals surface area contributed by atoms with Gasteiger partial charge in [0.25, 0.3) is 5.56 Å². The molecule has 0 aliphatic rings. The Morgan fingerprint density at radius 2 is 2.33 bits per heavy atom. The highest BCUT2D eigenvalue weighted by Gasteiger charge is 2.03. The molecule has 0 saturated heterocycles. The first-order valence-corrected chi connectivity index (χ1v) is 4.36. The van der Waals surface area contributed by atoms with E-state index in [2.05, 4.69) is 15.4 Å². The Balaban J connectivity index is 3.00. The van der Waals surface area contributed by atoms with E-state index >= 15 is 0 Å². The number of hydrogen-bond donors (Lipinski definition) is 2. The largest absolute Gasteiger partial charge is 0.312 e. The molecule has 1 aromatic rings. The first-order chi connectivity index (χ1) is 5.61. The molecule has 6 heteroatoms. The molecule has 0 radical (unpaired) electrons. The minimum atomic E-state index is -0.130. The topological polar surface area (TPSA) is 61.0 Å². The Kier molecular flexibility index (Phi) is 3.04. The molecule has 0 aromatic carbocycles. The zero-order valence-corrected chi connectivity index (χ0v) is 8.92. The second kappa shape index (κ2) is 3.85. The van der Waals surface area contributed by atoms with E-state index in [9.17, 15) is 4.79 Å². The van der Waals surface area contributed by atoms with Crippen LogP contribution in [-0.2, 0) is 0 Å². The highest BCUT2D eigenvalue weighted by atomic mass is 127. The maximum atomic E-state index is 11.1. The van der Waals surface area contributed by atoms with E-state index in [4.69, 9.17) is 0 Å². The molecule has 1 heterocycles. The van der Waals surface area contributed by atoms with Crippen molar-refractivity contribution in [1.82, 2.24) is 15.0 Å².